The Bertz CT molecular complexity index is 1860. The largest absolute Gasteiger partial charge is 0.444 e. The van der Waals surface area contributed by atoms with E-state index < -0.39 is 92.4 Å². The predicted molar refractivity (Wildman–Crippen MR) is 195 cm³/mol. The third-order valence-electron chi connectivity index (χ3n) is 10.5. The maximum absolute atomic E-state index is 14.1. The van der Waals surface area contributed by atoms with E-state index >= 15 is 0 Å². The van der Waals surface area contributed by atoms with Crippen molar-refractivity contribution in [3.8, 4) is 0 Å². The van der Waals surface area contributed by atoms with Crippen molar-refractivity contribution >= 4 is 45.8 Å². The number of ether oxygens (including phenoxy) is 3. The van der Waals surface area contributed by atoms with Crippen LogP contribution in [0.5, 0.6) is 0 Å². The number of carbonyl (C=O) groups excluding carboxylic acids is 6. The van der Waals surface area contributed by atoms with Crippen molar-refractivity contribution in [3.05, 3.63) is 47.5 Å². The van der Waals surface area contributed by atoms with Crippen molar-refractivity contribution in [2.24, 2.45) is 5.92 Å². The highest BCUT2D eigenvalue weighted by Gasteiger charge is 2.62. The minimum atomic E-state index is -3.94. The topological polar surface area (TPSA) is 219 Å². The van der Waals surface area contributed by atoms with Gasteiger partial charge in [-0.3, -0.25) is 28.8 Å². The van der Waals surface area contributed by atoms with E-state index in [0.29, 0.717) is 38.8 Å². The number of alkyl carbamates (subject to hydrolysis) is 1. The number of hydrogen-bond donors (Lipinski definition) is 4. The van der Waals surface area contributed by atoms with Crippen molar-refractivity contribution in [3.63, 3.8) is 0 Å². The van der Waals surface area contributed by atoms with Crippen LogP contribution >= 0.6 is 0 Å². The van der Waals surface area contributed by atoms with Gasteiger partial charge in [0.05, 0.1) is 18.4 Å². The molecule has 0 spiro atoms. The molecule has 18 heteroatoms. The number of fused-ring (bicyclic) bond motifs is 3. The lowest BCUT2D eigenvalue weighted by atomic mass is 10.00. The Morgan fingerprint density at radius 3 is 2.51 bits per heavy atom. The zero-order chi connectivity index (χ0) is 39.9. The maximum Gasteiger partial charge on any atom is 0.410 e. The molecule has 0 aromatic heterocycles. The van der Waals surface area contributed by atoms with Gasteiger partial charge in [-0.1, -0.05) is 24.3 Å². The van der Waals surface area contributed by atoms with Crippen LogP contribution in [0, 0.1) is 5.92 Å². The molecule has 4 bridgehead atoms. The number of rotatable bonds is 7. The molecule has 6 rings (SSSR count). The van der Waals surface area contributed by atoms with Crippen LogP contribution in [0.2, 0.25) is 0 Å². The predicted octanol–water partition coefficient (Wildman–Crippen LogP) is 1.14. The highest BCUT2D eigenvalue weighted by Crippen LogP contribution is 2.45. The minimum absolute atomic E-state index is 0.0887. The van der Waals surface area contributed by atoms with E-state index in [4.69, 9.17) is 14.2 Å². The zero-order valence-corrected chi connectivity index (χ0v) is 32.4. The Balaban J connectivity index is 1.25. The lowest BCUT2D eigenvalue weighted by Gasteiger charge is -2.29. The highest BCUT2D eigenvalue weighted by atomic mass is 32.2. The molecule has 6 amide bonds. The molecule has 1 aromatic carbocycles. The van der Waals surface area contributed by atoms with Crippen molar-refractivity contribution in [2.75, 3.05) is 19.8 Å². The standard InChI is InChI=1S/C37H50N6O11S/c1-6-24-16-37(24,33(47)41-55(50,51)26-12-13-26)40-31(45)29-15-25-18-43(29)32(46)21(2)38-30(44)28(39-34(48)54-36(3,4)5)20-52-14-8-11-22-9-7-10-23-17-42(19-27(22)23)35(49)53-25/h6-7,9-10,21,24-26,28-29H,1,8,11-20H2,2-5H3,(H,38,44)(H,39,48)(H,40,45)(H,41,47)/t21-,24+,25+,28-,29-,37+/m0/s1. The number of sulfonamides is 1. The average Bonchev–Trinajstić information content (AvgIpc) is 4.00. The van der Waals surface area contributed by atoms with E-state index in [-0.39, 0.29) is 32.6 Å². The number of aryl methyl sites for hydroxylation is 1. The molecule has 1 aromatic rings. The minimum Gasteiger partial charge on any atom is -0.444 e. The van der Waals surface area contributed by atoms with Crippen LogP contribution in [0.3, 0.4) is 0 Å². The molecule has 1 saturated heterocycles. The summed E-state index contributed by atoms with van der Waals surface area (Å²) in [6, 6.07) is 2.07. The average molecular weight is 787 g/mol. The van der Waals surface area contributed by atoms with E-state index in [1.807, 2.05) is 18.2 Å². The molecule has 3 fully saturated rings. The molecule has 55 heavy (non-hydrogen) atoms. The number of hydrogen-bond acceptors (Lipinski definition) is 11. The molecule has 2 saturated carbocycles. The molecule has 3 aliphatic heterocycles. The van der Waals surface area contributed by atoms with Gasteiger partial charge in [0, 0.05) is 32.0 Å². The summed E-state index contributed by atoms with van der Waals surface area (Å²) in [6.07, 6.45) is 1.04. The second-order valence-corrected chi connectivity index (χ2v) is 17.9. The lowest BCUT2D eigenvalue weighted by molar-refractivity contribution is -0.142. The summed E-state index contributed by atoms with van der Waals surface area (Å²) in [6.45, 7) is 10.6. The van der Waals surface area contributed by atoms with Crippen molar-refractivity contribution < 1.29 is 51.4 Å². The van der Waals surface area contributed by atoms with Gasteiger partial charge >= 0.3 is 12.2 Å². The fourth-order valence-corrected chi connectivity index (χ4v) is 8.65. The van der Waals surface area contributed by atoms with Gasteiger partial charge in [-0.25, -0.2) is 18.0 Å². The summed E-state index contributed by atoms with van der Waals surface area (Å²) < 4.78 is 44.5. The number of carbonyl (C=O) groups is 6. The van der Waals surface area contributed by atoms with Gasteiger partial charge < -0.3 is 35.1 Å². The fourth-order valence-electron chi connectivity index (χ4n) is 7.29. The zero-order valence-electron chi connectivity index (χ0n) is 31.6. The van der Waals surface area contributed by atoms with E-state index in [2.05, 4.69) is 27.3 Å². The lowest BCUT2D eigenvalue weighted by Crippen LogP contribution is -2.59. The van der Waals surface area contributed by atoms with Crippen molar-refractivity contribution in [1.29, 1.82) is 0 Å². The molecule has 3 heterocycles. The normalized spacial score (nSPS) is 28.8. The molecular formula is C37H50N6O11S. The molecular weight excluding hydrogens is 737 g/mol. The van der Waals surface area contributed by atoms with Crippen LogP contribution in [0.1, 0.15) is 76.5 Å². The summed E-state index contributed by atoms with van der Waals surface area (Å²) in [4.78, 5) is 84.2. The summed E-state index contributed by atoms with van der Waals surface area (Å²) in [5, 5.41) is 7.15. The van der Waals surface area contributed by atoms with E-state index in [0.717, 1.165) is 16.7 Å². The van der Waals surface area contributed by atoms with Gasteiger partial charge in [-0.05, 0) is 76.5 Å². The first-order chi connectivity index (χ1) is 25.9. The van der Waals surface area contributed by atoms with E-state index in [1.54, 1.807) is 25.7 Å². The smallest absolute Gasteiger partial charge is 0.410 e. The van der Waals surface area contributed by atoms with E-state index in [9.17, 15) is 37.2 Å². The summed E-state index contributed by atoms with van der Waals surface area (Å²) >= 11 is 0. The molecule has 6 atom stereocenters. The first kappa shape index (κ1) is 40.0. The van der Waals surface area contributed by atoms with Gasteiger partial charge in [-0.15, -0.1) is 6.58 Å². The number of nitrogens with zero attached hydrogens (tertiary/aromatic N) is 2. The van der Waals surface area contributed by atoms with E-state index in [1.165, 1.54) is 17.9 Å². The first-order valence-electron chi connectivity index (χ1n) is 18.6. The van der Waals surface area contributed by atoms with Crippen LogP contribution in [0.4, 0.5) is 9.59 Å². The van der Waals surface area contributed by atoms with Gasteiger partial charge in [-0.2, -0.15) is 0 Å². The third-order valence-corrected chi connectivity index (χ3v) is 12.3. The number of benzene rings is 1. The van der Waals surface area contributed by atoms with Crippen LogP contribution in [0.15, 0.2) is 30.9 Å². The Morgan fingerprint density at radius 2 is 1.84 bits per heavy atom. The Kier molecular flexibility index (Phi) is 11.2. The molecule has 300 valence electrons. The summed E-state index contributed by atoms with van der Waals surface area (Å²) in [5.41, 5.74) is 0.510. The molecule has 5 aliphatic rings. The summed E-state index contributed by atoms with van der Waals surface area (Å²) in [7, 11) is -3.94. The second-order valence-electron chi connectivity index (χ2n) is 15.9. The van der Waals surface area contributed by atoms with Crippen LogP contribution in [-0.2, 0) is 62.9 Å². The maximum atomic E-state index is 14.1. The number of nitrogens with one attached hydrogen (secondary N) is 4. The van der Waals surface area contributed by atoms with Gasteiger partial charge in [0.15, 0.2) is 0 Å². The van der Waals surface area contributed by atoms with Crippen LogP contribution in [0.25, 0.3) is 0 Å². The van der Waals surface area contributed by atoms with Crippen molar-refractivity contribution in [2.45, 2.75) is 120 Å². The molecule has 2 aliphatic carbocycles. The van der Waals surface area contributed by atoms with Crippen LogP contribution in [-0.4, -0.2) is 114 Å². The number of amides is 6. The first-order valence-corrected chi connectivity index (χ1v) is 20.2. The fraction of sp³-hybridized carbons (Fsp3) is 0.622. The summed E-state index contributed by atoms with van der Waals surface area (Å²) in [5.74, 6) is -3.69. The second kappa shape index (κ2) is 15.4. The molecule has 17 nitrogen and oxygen atoms in total. The highest BCUT2D eigenvalue weighted by molar-refractivity contribution is 7.91. The monoisotopic (exact) mass is 786 g/mol. The third kappa shape index (κ3) is 9.06. The van der Waals surface area contributed by atoms with Crippen molar-refractivity contribution in [1.82, 2.24) is 30.5 Å². The van der Waals surface area contributed by atoms with Crippen LogP contribution < -0.4 is 20.7 Å². The van der Waals surface area contributed by atoms with Gasteiger partial charge in [0.1, 0.15) is 35.4 Å². The quantitative estimate of drug-likeness (QED) is 0.287. The Hall–Kier alpha value is -4.71. The Morgan fingerprint density at radius 1 is 1.11 bits per heavy atom. The SMILES string of the molecule is C=C[C@@H]1C[C@]1(NC(=O)[C@@H]1C[C@@H]2CN1C(=O)[C@H](C)NC(=O)[C@@H](NC(=O)OC(C)(C)C)COCCCc1cccc3c1CN(C3)C(=O)O2)C(=O)NS(=O)(=O)C1CC1. The molecule has 0 radical (unpaired) electrons. The Labute approximate surface area is 320 Å². The van der Waals surface area contributed by atoms with Gasteiger partial charge in [0.2, 0.25) is 27.7 Å². The molecule has 0 unspecified atom stereocenters. The van der Waals surface area contributed by atoms with Gasteiger partial charge in [0.25, 0.3) is 5.91 Å². The molecule has 4 N–H and O–H groups in total.